The zero-order valence-corrected chi connectivity index (χ0v) is 15.3. The number of halogens is 1. The average Bonchev–Trinajstić information content (AvgIpc) is 3.00. The van der Waals surface area contributed by atoms with Gasteiger partial charge in [-0.25, -0.2) is 0 Å². The summed E-state index contributed by atoms with van der Waals surface area (Å²) >= 11 is 0. The molecule has 130 valence electrons. The van der Waals surface area contributed by atoms with E-state index in [0.717, 1.165) is 31.6 Å². The zero-order valence-electron chi connectivity index (χ0n) is 14.5. The number of benzene rings is 2. The third kappa shape index (κ3) is 5.25. The van der Waals surface area contributed by atoms with Gasteiger partial charge in [0.2, 0.25) is 0 Å². The Kier molecular flexibility index (Phi) is 7.61. The molecule has 1 saturated heterocycles. The fourth-order valence-corrected chi connectivity index (χ4v) is 3.42. The van der Waals surface area contributed by atoms with Crippen LogP contribution >= 0.6 is 12.4 Å². The summed E-state index contributed by atoms with van der Waals surface area (Å²) in [5, 5.41) is 0. The van der Waals surface area contributed by atoms with E-state index in [1.807, 2.05) is 0 Å². The third-order valence-electron chi connectivity index (χ3n) is 4.88. The van der Waals surface area contributed by atoms with Crippen molar-refractivity contribution in [2.75, 3.05) is 20.2 Å². The zero-order chi connectivity index (χ0) is 15.9. The van der Waals surface area contributed by atoms with Gasteiger partial charge in [0.15, 0.2) is 0 Å². The molecule has 24 heavy (non-hydrogen) atoms. The van der Waals surface area contributed by atoms with Gasteiger partial charge < -0.3 is 9.64 Å². The SMILES string of the molecule is CN1CCCC1CCOc1ccccc1CCc1ccccc1.Cl. The molecule has 1 aliphatic heterocycles. The fourth-order valence-electron chi connectivity index (χ4n) is 3.42. The molecule has 2 nitrogen and oxygen atoms in total. The topological polar surface area (TPSA) is 12.5 Å². The van der Waals surface area contributed by atoms with E-state index in [0.29, 0.717) is 6.04 Å². The van der Waals surface area contributed by atoms with E-state index in [2.05, 4.69) is 66.5 Å². The summed E-state index contributed by atoms with van der Waals surface area (Å²) in [5.74, 6) is 1.06. The Morgan fingerprint density at radius 3 is 2.50 bits per heavy atom. The largest absolute Gasteiger partial charge is 0.493 e. The molecular formula is C21H28ClNO. The van der Waals surface area contributed by atoms with Crippen molar-refractivity contribution in [1.82, 2.24) is 4.90 Å². The molecule has 0 saturated carbocycles. The summed E-state index contributed by atoms with van der Waals surface area (Å²) in [5.41, 5.74) is 2.70. The summed E-state index contributed by atoms with van der Waals surface area (Å²) < 4.78 is 6.11. The molecule has 0 aliphatic carbocycles. The minimum Gasteiger partial charge on any atom is -0.493 e. The van der Waals surface area contributed by atoms with Crippen LogP contribution in [0.2, 0.25) is 0 Å². The molecule has 3 rings (SSSR count). The highest BCUT2D eigenvalue weighted by molar-refractivity contribution is 5.85. The molecule has 0 bridgehead atoms. The van der Waals surface area contributed by atoms with Crippen molar-refractivity contribution in [3.63, 3.8) is 0 Å². The van der Waals surface area contributed by atoms with E-state index < -0.39 is 0 Å². The standard InChI is InChI=1S/C21H27NO.ClH/c1-22-16-7-11-20(22)15-17-23-21-12-6-5-10-19(21)14-13-18-8-3-2-4-9-18;/h2-6,8-10,12,20H,7,11,13-17H2,1H3;1H. The second-order valence-corrected chi connectivity index (χ2v) is 6.51. The molecular weight excluding hydrogens is 318 g/mol. The summed E-state index contributed by atoms with van der Waals surface area (Å²) in [6.45, 7) is 2.05. The highest BCUT2D eigenvalue weighted by Crippen LogP contribution is 2.22. The van der Waals surface area contributed by atoms with Crippen LogP contribution in [0.1, 0.15) is 30.4 Å². The number of nitrogens with zero attached hydrogens (tertiary/aromatic N) is 1. The first kappa shape index (κ1) is 18.8. The van der Waals surface area contributed by atoms with Gasteiger partial charge in [-0.05, 0) is 62.9 Å². The van der Waals surface area contributed by atoms with Gasteiger partial charge in [0.1, 0.15) is 5.75 Å². The van der Waals surface area contributed by atoms with Crippen LogP contribution in [-0.4, -0.2) is 31.1 Å². The molecule has 2 aromatic carbocycles. The molecule has 1 unspecified atom stereocenters. The van der Waals surface area contributed by atoms with Gasteiger partial charge in [0, 0.05) is 6.04 Å². The molecule has 1 aliphatic rings. The van der Waals surface area contributed by atoms with Crippen molar-refractivity contribution in [1.29, 1.82) is 0 Å². The van der Waals surface area contributed by atoms with E-state index in [1.165, 1.54) is 30.5 Å². The molecule has 0 amide bonds. The number of likely N-dealkylation sites (tertiary alicyclic amines) is 1. The van der Waals surface area contributed by atoms with Crippen molar-refractivity contribution in [3.8, 4) is 5.75 Å². The maximum Gasteiger partial charge on any atom is 0.122 e. The lowest BCUT2D eigenvalue weighted by molar-refractivity contribution is 0.232. The van der Waals surface area contributed by atoms with Gasteiger partial charge >= 0.3 is 0 Å². The average molecular weight is 346 g/mol. The number of rotatable bonds is 7. The molecule has 3 heteroatoms. The number of hydrogen-bond acceptors (Lipinski definition) is 2. The number of ether oxygens (including phenoxy) is 1. The Morgan fingerprint density at radius 1 is 1.00 bits per heavy atom. The van der Waals surface area contributed by atoms with E-state index in [4.69, 9.17) is 4.74 Å². The van der Waals surface area contributed by atoms with Crippen LogP contribution in [0.15, 0.2) is 54.6 Å². The monoisotopic (exact) mass is 345 g/mol. The first-order chi connectivity index (χ1) is 11.3. The van der Waals surface area contributed by atoms with E-state index in [9.17, 15) is 0 Å². The van der Waals surface area contributed by atoms with Crippen molar-refractivity contribution in [2.45, 2.75) is 38.1 Å². The van der Waals surface area contributed by atoms with Gasteiger partial charge in [-0.1, -0.05) is 48.5 Å². The highest BCUT2D eigenvalue weighted by Gasteiger charge is 2.20. The Balaban J connectivity index is 0.00000208. The Hall–Kier alpha value is -1.51. The normalized spacial score (nSPS) is 17.5. The molecule has 0 radical (unpaired) electrons. The molecule has 2 aromatic rings. The van der Waals surface area contributed by atoms with Crippen molar-refractivity contribution < 1.29 is 4.74 Å². The van der Waals surface area contributed by atoms with Gasteiger partial charge in [0.05, 0.1) is 6.61 Å². The maximum absolute atomic E-state index is 6.11. The lowest BCUT2D eigenvalue weighted by atomic mass is 10.0. The van der Waals surface area contributed by atoms with Crippen LogP contribution in [0.3, 0.4) is 0 Å². The van der Waals surface area contributed by atoms with Crippen LogP contribution in [0.4, 0.5) is 0 Å². The highest BCUT2D eigenvalue weighted by atomic mass is 35.5. The lowest BCUT2D eigenvalue weighted by Crippen LogP contribution is -2.26. The van der Waals surface area contributed by atoms with E-state index in [-0.39, 0.29) is 12.4 Å². The molecule has 0 spiro atoms. The van der Waals surface area contributed by atoms with Gasteiger partial charge in [0.25, 0.3) is 0 Å². The van der Waals surface area contributed by atoms with Crippen molar-refractivity contribution in [3.05, 3.63) is 65.7 Å². The van der Waals surface area contributed by atoms with Crippen LogP contribution in [0.5, 0.6) is 5.75 Å². The first-order valence-electron chi connectivity index (χ1n) is 8.78. The molecule has 0 N–H and O–H groups in total. The summed E-state index contributed by atoms with van der Waals surface area (Å²) in [6.07, 6.45) is 5.87. The second kappa shape index (κ2) is 9.71. The van der Waals surface area contributed by atoms with Crippen molar-refractivity contribution in [2.24, 2.45) is 0 Å². The van der Waals surface area contributed by atoms with Crippen LogP contribution in [-0.2, 0) is 12.8 Å². The number of hydrogen-bond donors (Lipinski definition) is 0. The quantitative estimate of drug-likeness (QED) is 0.717. The Labute approximate surface area is 152 Å². The maximum atomic E-state index is 6.11. The number of aryl methyl sites for hydroxylation is 2. The Morgan fingerprint density at radius 2 is 1.75 bits per heavy atom. The van der Waals surface area contributed by atoms with Crippen molar-refractivity contribution >= 4 is 12.4 Å². The molecule has 1 fully saturated rings. The summed E-state index contributed by atoms with van der Waals surface area (Å²) in [6, 6.07) is 19.9. The summed E-state index contributed by atoms with van der Waals surface area (Å²) in [4.78, 5) is 2.46. The predicted octanol–water partition coefficient (Wildman–Crippen LogP) is 4.76. The minimum absolute atomic E-state index is 0. The fraction of sp³-hybridized carbons (Fsp3) is 0.429. The second-order valence-electron chi connectivity index (χ2n) is 6.51. The first-order valence-corrected chi connectivity index (χ1v) is 8.78. The van der Waals surface area contributed by atoms with Gasteiger partial charge in [-0.2, -0.15) is 0 Å². The van der Waals surface area contributed by atoms with Crippen LogP contribution in [0, 0.1) is 0 Å². The lowest BCUT2D eigenvalue weighted by Gasteiger charge is -2.20. The molecule has 0 aromatic heterocycles. The van der Waals surface area contributed by atoms with E-state index in [1.54, 1.807) is 0 Å². The van der Waals surface area contributed by atoms with E-state index >= 15 is 0 Å². The van der Waals surface area contributed by atoms with Crippen LogP contribution < -0.4 is 4.74 Å². The number of para-hydroxylation sites is 1. The smallest absolute Gasteiger partial charge is 0.122 e. The molecule has 1 atom stereocenters. The van der Waals surface area contributed by atoms with Gasteiger partial charge in [-0.3, -0.25) is 0 Å². The van der Waals surface area contributed by atoms with Gasteiger partial charge in [-0.15, -0.1) is 12.4 Å². The predicted molar refractivity (Wildman–Crippen MR) is 103 cm³/mol. The molecule has 1 heterocycles. The summed E-state index contributed by atoms with van der Waals surface area (Å²) in [7, 11) is 2.23. The Bertz CT molecular complexity index is 602. The minimum atomic E-state index is 0. The van der Waals surface area contributed by atoms with Crippen LogP contribution in [0.25, 0.3) is 0 Å². The third-order valence-corrected chi connectivity index (χ3v) is 4.88.